The monoisotopic (exact) mass is 281 g/mol. The Morgan fingerprint density at radius 3 is 2.76 bits per heavy atom. The van der Waals surface area contributed by atoms with Crippen LogP contribution in [0.15, 0.2) is 36.4 Å². The minimum absolute atomic E-state index is 0.0287. The van der Waals surface area contributed by atoms with Crippen molar-refractivity contribution in [2.75, 3.05) is 0 Å². The van der Waals surface area contributed by atoms with E-state index in [9.17, 15) is 4.79 Å². The third kappa shape index (κ3) is 2.32. The molecule has 0 aliphatic heterocycles. The number of H-pyrrole nitrogens is 1. The van der Waals surface area contributed by atoms with Gasteiger partial charge in [-0.3, -0.25) is 5.41 Å². The fourth-order valence-corrected chi connectivity index (χ4v) is 1.98. The molecule has 0 aliphatic rings. The molecule has 0 saturated heterocycles. The number of aromatic nitrogens is 3. The topological polar surface area (TPSA) is 129 Å². The van der Waals surface area contributed by atoms with E-state index in [0.29, 0.717) is 28.1 Å². The van der Waals surface area contributed by atoms with Crippen LogP contribution in [0.25, 0.3) is 22.6 Å². The molecule has 0 fully saturated rings. The summed E-state index contributed by atoms with van der Waals surface area (Å²) in [6, 6.07) is 9.87. The number of nitrogens with two attached hydrogens (primary N) is 1. The van der Waals surface area contributed by atoms with Crippen molar-refractivity contribution in [2.45, 2.75) is 0 Å². The summed E-state index contributed by atoms with van der Waals surface area (Å²) in [5.41, 5.74) is 7.83. The van der Waals surface area contributed by atoms with Crippen LogP contribution in [-0.4, -0.2) is 31.9 Å². The second-order valence-corrected chi connectivity index (χ2v) is 4.44. The number of aromatic carboxylic acids is 1. The second kappa shape index (κ2) is 4.71. The molecule has 7 nitrogen and oxygen atoms in total. The summed E-state index contributed by atoms with van der Waals surface area (Å²) in [7, 11) is 0. The number of pyridine rings is 1. The zero-order chi connectivity index (χ0) is 15.0. The molecule has 21 heavy (non-hydrogen) atoms. The highest BCUT2D eigenvalue weighted by molar-refractivity contribution is 5.98. The van der Waals surface area contributed by atoms with Gasteiger partial charge in [0.15, 0.2) is 5.82 Å². The van der Waals surface area contributed by atoms with Gasteiger partial charge in [-0.15, -0.1) is 0 Å². The highest BCUT2D eigenvalue weighted by Crippen LogP contribution is 2.20. The molecule has 7 heteroatoms. The zero-order valence-corrected chi connectivity index (χ0v) is 10.8. The third-order valence-electron chi connectivity index (χ3n) is 3.00. The van der Waals surface area contributed by atoms with Gasteiger partial charge in [-0.2, -0.15) is 0 Å². The Morgan fingerprint density at radius 1 is 1.24 bits per heavy atom. The minimum atomic E-state index is -1.09. The molecular weight excluding hydrogens is 270 g/mol. The molecule has 0 spiro atoms. The van der Waals surface area contributed by atoms with E-state index in [2.05, 4.69) is 15.0 Å². The van der Waals surface area contributed by atoms with Crippen molar-refractivity contribution in [2.24, 2.45) is 5.73 Å². The highest BCUT2D eigenvalue weighted by Gasteiger charge is 2.11. The fraction of sp³-hybridized carbons (Fsp3) is 0. The average Bonchev–Trinajstić information content (AvgIpc) is 2.90. The van der Waals surface area contributed by atoms with Crippen molar-refractivity contribution < 1.29 is 9.90 Å². The standard InChI is InChI=1S/C14H11N5O2/c15-12(16)7-4-5-8-11(6-7)19-13(18-8)9-2-1-3-10(17-9)14(20)21/h1-6H,(H3,15,16)(H,18,19)(H,20,21). The fourth-order valence-electron chi connectivity index (χ4n) is 1.98. The smallest absolute Gasteiger partial charge is 0.354 e. The number of carbonyl (C=O) groups is 1. The number of nitrogen functional groups attached to an aromatic ring is 1. The molecule has 0 bridgehead atoms. The number of carboxylic acid groups (broad SMARTS) is 1. The lowest BCUT2D eigenvalue weighted by molar-refractivity contribution is 0.0690. The Hall–Kier alpha value is -3.22. The molecule has 104 valence electrons. The molecule has 2 heterocycles. The number of nitrogens with zero attached hydrogens (tertiary/aromatic N) is 2. The summed E-state index contributed by atoms with van der Waals surface area (Å²) in [5.74, 6) is -0.653. The molecule has 3 aromatic rings. The predicted octanol–water partition coefficient (Wildman–Crippen LogP) is 1.61. The van der Waals surface area contributed by atoms with E-state index in [1.807, 2.05) is 0 Å². The van der Waals surface area contributed by atoms with Crippen LogP contribution in [0.3, 0.4) is 0 Å². The lowest BCUT2D eigenvalue weighted by atomic mass is 10.2. The van der Waals surface area contributed by atoms with Crippen LogP contribution in [0.1, 0.15) is 16.1 Å². The molecular formula is C14H11N5O2. The Labute approximate surface area is 119 Å². The third-order valence-corrected chi connectivity index (χ3v) is 3.00. The molecule has 0 atom stereocenters. The molecule has 1 aromatic carbocycles. The van der Waals surface area contributed by atoms with Gasteiger partial charge in [-0.1, -0.05) is 6.07 Å². The van der Waals surface area contributed by atoms with E-state index in [4.69, 9.17) is 16.2 Å². The van der Waals surface area contributed by atoms with Crippen LogP contribution in [0.5, 0.6) is 0 Å². The zero-order valence-electron chi connectivity index (χ0n) is 10.8. The molecule has 5 N–H and O–H groups in total. The first kappa shape index (κ1) is 12.8. The summed E-state index contributed by atoms with van der Waals surface area (Å²) in [5, 5.41) is 16.4. The summed E-state index contributed by atoms with van der Waals surface area (Å²) < 4.78 is 0. The van der Waals surface area contributed by atoms with Gasteiger partial charge in [0.25, 0.3) is 0 Å². The number of amidine groups is 1. The van der Waals surface area contributed by atoms with Crippen LogP contribution in [0.2, 0.25) is 0 Å². The van der Waals surface area contributed by atoms with E-state index in [1.54, 1.807) is 30.3 Å². The lowest BCUT2D eigenvalue weighted by Crippen LogP contribution is -2.10. The van der Waals surface area contributed by atoms with Crippen molar-refractivity contribution in [1.29, 1.82) is 5.41 Å². The van der Waals surface area contributed by atoms with E-state index < -0.39 is 5.97 Å². The van der Waals surface area contributed by atoms with E-state index >= 15 is 0 Å². The van der Waals surface area contributed by atoms with Crippen molar-refractivity contribution in [3.8, 4) is 11.5 Å². The summed E-state index contributed by atoms with van der Waals surface area (Å²) in [4.78, 5) is 22.4. The Balaban J connectivity index is 2.10. The number of fused-ring (bicyclic) bond motifs is 1. The van der Waals surface area contributed by atoms with Gasteiger partial charge in [0, 0.05) is 5.56 Å². The minimum Gasteiger partial charge on any atom is -0.477 e. The highest BCUT2D eigenvalue weighted by atomic mass is 16.4. The van der Waals surface area contributed by atoms with E-state index in [-0.39, 0.29) is 11.5 Å². The first-order valence-corrected chi connectivity index (χ1v) is 6.09. The van der Waals surface area contributed by atoms with Crippen LogP contribution in [-0.2, 0) is 0 Å². The number of rotatable bonds is 3. The number of benzene rings is 1. The average molecular weight is 281 g/mol. The van der Waals surface area contributed by atoms with Gasteiger partial charge >= 0.3 is 5.97 Å². The van der Waals surface area contributed by atoms with Gasteiger partial charge in [0.1, 0.15) is 17.2 Å². The van der Waals surface area contributed by atoms with Gasteiger partial charge in [-0.05, 0) is 30.3 Å². The van der Waals surface area contributed by atoms with Gasteiger partial charge in [0.2, 0.25) is 0 Å². The van der Waals surface area contributed by atoms with Crippen LogP contribution >= 0.6 is 0 Å². The molecule has 0 radical (unpaired) electrons. The Kier molecular flexibility index (Phi) is 2.87. The Morgan fingerprint density at radius 2 is 2.05 bits per heavy atom. The Bertz CT molecular complexity index is 869. The maximum absolute atomic E-state index is 10.9. The van der Waals surface area contributed by atoms with Crippen LogP contribution in [0, 0.1) is 5.41 Å². The normalized spacial score (nSPS) is 10.7. The predicted molar refractivity (Wildman–Crippen MR) is 77.3 cm³/mol. The van der Waals surface area contributed by atoms with Gasteiger partial charge < -0.3 is 15.8 Å². The summed E-state index contributed by atoms with van der Waals surface area (Å²) in [6.07, 6.45) is 0. The number of nitrogens with one attached hydrogen (secondary N) is 2. The van der Waals surface area contributed by atoms with E-state index in [1.165, 1.54) is 6.07 Å². The van der Waals surface area contributed by atoms with E-state index in [0.717, 1.165) is 0 Å². The van der Waals surface area contributed by atoms with Gasteiger partial charge in [0.05, 0.1) is 11.0 Å². The van der Waals surface area contributed by atoms with Crippen molar-refractivity contribution in [1.82, 2.24) is 15.0 Å². The summed E-state index contributed by atoms with van der Waals surface area (Å²) >= 11 is 0. The quantitative estimate of drug-likeness (QED) is 0.428. The molecule has 0 saturated carbocycles. The first-order valence-electron chi connectivity index (χ1n) is 6.09. The number of aromatic amines is 1. The lowest BCUT2D eigenvalue weighted by Gasteiger charge is -1.97. The van der Waals surface area contributed by atoms with Crippen molar-refractivity contribution in [3.05, 3.63) is 47.7 Å². The first-order chi connectivity index (χ1) is 10.0. The second-order valence-electron chi connectivity index (χ2n) is 4.44. The number of carboxylic acids is 1. The van der Waals surface area contributed by atoms with Crippen LogP contribution in [0.4, 0.5) is 0 Å². The molecule has 0 amide bonds. The number of imidazole rings is 1. The van der Waals surface area contributed by atoms with Crippen molar-refractivity contribution in [3.63, 3.8) is 0 Å². The molecule has 0 aliphatic carbocycles. The maximum Gasteiger partial charge on any atom is 0.354 e. The number of hydrogen-bond acceptors (Lipinski definition) is 4. The summed E-state index contributed by atoms with van der Waals surface area (Å²) in [6.45, 7) is 0. The molecule has 3 rings (SSSR count). The molecule has 2 aromatic heterocycles. The number of hydrogen-bond donors (Lipinski definition) is 4. The van der Waals surface area contributed by atoms with Crippen molar-refractivity contribution >= 4 is 22.8 Å². The van der Waals surface area contributed by atoms with Gasteiger partial charge in [-0.25, -0.2) is 14.8 Å². The largest absolute Gasteiger partial charge is 0.477 e. The molecule has 0 unspecified atom stereocenters. The van der Waals surface area contributed by atoms with Crippen LogP contribution < -0.4 is 5.73 Å². The SMILES string of the molecule is N=C(N)c1ccc2nc(-c3cccc(C(=O)O)n3)[nH]c2c1. The maximum atomic E-state index is 10.9.